The third-order valence-corrected chi connectivity index (χ3v) is 5.08. The van der Waals surface area contributed by atoms with E-state index in [-0.39, 0.29) is 12.0 Å². The van der Waals surface area contributed by atoms with E-state index in [9.17, 15) is 4.79 Å². The Labute approximate surface area is 139 Å². The lowest BCUT2D eigenvalue weighted by Gasteiger charge is -2.35. The molecule has 4 heteroatoms. The van der Waals surface area contributed by atoms with Crippen molar-refractivity contribution in [2.75, 3.05) is 26.2 Å². The van der Waals surface area contributed by atoms with E-state index in [1.807, 2.05) is 0 Å². The van der Waals surface area contributed by atoms with Gasteiger partial charge in [0.25, 0.3) is 0 Å². The van der Waals surface area contributed by atoms with Crippen LogP contribution in [0.5, 0.6) is 5.75 Å². The van der Waals surface area contributed by atoms with Gasteiger partial charge in [-0.3, -0.25) is 4.79 Å². The molecule has 2 saturated heterocycles. The molecule has 0 saturated carbocycles. The van der Waals surface area contributed by atoms with Crippen molar-refractivity contribution in [2.45, 2.75) is 45.6 Å². The van der Waals surface area contributed by atoms with Crippen LogP contribution in [0.25, 0.3) is 0 Å². The van der Waals surface area contributed by atoms with Crippen LogP contribution in [0, 0.1) is 19.8 Å². The number of nitrogens with one attached hydrogen (secondary N) is 1. The second-order valence-corrected chi connectivity index (χ2v) is 6.94. The number of carbonyl (C=O) groups is 1. The van der Waals surface area contributed by atoms with Crippen molar-refractivity contribution in [3.05, 3.63) is 29.3 Å². The van der Waals surface area contributed by atoms with Crippen LogP contribution in [-0.4, -0.2) is 43.1 Å². The minimum Gasteiger partial charge on any atom is -0.490 e. The van der Waals surface area contributed by atoms with Crippen LogP contribution in [0.1, 0.15) is 36.8 Å². The number of piperidine rings is 2. The van der Waals surface area contributed by atoms with E-state index in [1.54, 1.807) is 0 Å². The summed E-state index contributed by atoms with van der Waals surface area (Å²) in [5, 5.41) is 3.33. The van der Waals surface area contributed by atoms with Crippen LogP contribution >= 0.6 is 0 Å². The molecule has 0 aliphatic carbocycles. The van der Waals surface area contributed by atoms with Crippen LogP contribution in [0.3, 0.4) is 0 Å². The molecule has 1 aromatic carbocycles. The van der Waals surface area contributed by atoms with Crippen molar-refractivity contribution >= 4 is 5.91 Å². The standard InChI is InChI=1S/C19H28N2O2/c1-14-3-4-15(2)18(13-14)23-17-7-11-21(12-8-17)19(22)16-5-9-20-10-6-16/h3-4,13,16-17,20H,5-12H2,1-2H3. The van der Waals surface area contributed by atoms with Crippen LogP contribution < -0.4 is 10.1 Å². The maximum Gasteiger partial charge on any atom is 0.225 e. The highest BCUT2D eigenvalue weighted by Crippen LogP contribution is 2.25. The maximum absolute atomic E-state index is 12.6. The van der Waals surface area contributed by atoms with E-state index in [4.69, 9.17) is 4.74 Å². The van der Waals surface area contributed by atoms with Gasteiger partial charge in [-0.1, -0.05) is 12.1 Å². The van der Waals surface area contributed by atoms with Gasteiger partial charge in [0.1, 0.15) is 11.9 Å². The summed E-state index contributed by atoms with van der Waals surface area (Å²) >= 11 is 0. The van der Waals surface area contributed by atoms with Crippen molar-refractivity contribution in [3.8, 4) is 5.75 Å². The number of hydrogen-bond donors (Lipinski definition) is 1. The molecule has 2 aliphatic heterocycles. The average Bonchev–Trinajstić information content (AvgIpc) is 2.59. The predicted octanol–water partition coefficient (Wildman–Crippen LogP) is 2.67. The van der Waals surface area contributed by atoms with Gasteiger partial charge in [0.2, 0.25) is 5.91 Å². The van der Waals surface area contributed by atoms with Crippen LogP contribution in [0.2, 0.25) is 0 Å². The van der Waals surface area contributed by atoms with Crippen molar-refractivity contribution in [1.82, 2.24) is 10.2 Å². The van der Waals surface area contributed by atoms with Gasteiger partial charge in [-0.15, -0.1) is 0 Å². The van der Waals surface area contributed by atoms with Crippen molar-refractivity contribution in [1.29, 1.82) is 0 Å². The molecule has 126 valence electrons. The van der Waals surface area contributed by atoms with E-state index in [0.29, 0.717) is 5.91 Å². The first-order valence-electron chi connectivity index (χ1n) is 8.87. The molecule has 0 radical (unpaired) electrons. The molecule has 0 atom stereocenters. The van der Waals surface area contributed by atoms with Gasteiger partial charge < -0.3 is 15.0 Å². The molecule has 1 amide bonds. The largest absolute Gasteiger partial charge is 0.490 e. The SMILES string of the molecule is Cc1ccc(C)c(OC2CCN(C(=O)C3CCNCC3)CC2)c1. The Hall–Kier alpha value is -1.55. The first kappa shape index (κ1) is 16.3. The minimum atomic E-state index is 0.229. The Morgan fingerprint density at radius 1 is 1.13 bits per heavy atom. The molecule has 0 spiro atoms. The summed E-state index contributed by atoms with van der Waals surface area (Å²) in [4.78, 5) is 14.6. The Bertz CT molecular complexity index is 544. The molecule has 2 heterocycles. The highest BCUT2D eigenvalue weighted by atomic mass is 16.5. The highest BCUT2D eigenvalue weighted by molar-refractivity contribution is 5.79. The van der Waals surface area contributed by atoms with Gasteiger partial charge in [0, 0.05) is 31.8 Å². The third-order valence-electron chi connectivity index (χ3n) is 5.08. The lowest BCUT2D eigenvalue weighted by Crippen LogP contribution is -2.46. The van der Waals surface area contributed by atoms with Crippen molar-refractivity contribution in [2.24, 2.45) is 5.92 Å². The van der Waals surface area contributed by atoms with Gasteiger partial charge in [-0.25, -0.2) is 0 Å². The summed E-state index contributed by atoms with van der Waals surface area (Å²) in [5.74, 6) is 1.58. The van der Waals surface area contributed by atoms with E-state index in [0.717, 1.165) is 57.6 Å². The van der Waals surface area contributed by atoms with Crippen LogP contribution in [-0.2, 0) is 4.79 Å². The summed E-state index contributed by atoms with van der Waals surface area (Å²) in [5.41, 5.74) is 2.41. The molecule has 2 fully saturated rings. The number of amides is 1. The number of benzene rings is 1. The maximum atomic E-state index is 12.6. The summed E-state index contributed by atoms with van der Waals surface area (Å²) in [6.45, 7) is 7.79. The first-order chi connectivity index (χ1) is 11.1. The number of carbonyl (C=O) groups excluding carboxylic acids is 1. The van der Waals surface area contributed by atoms with E-state index < -0.39 is 0 Å². The number of nitrogens with zero attached hydrogens (tertiary/aromatic N) is 1. The van der Waals surface area contributed by atoms with E-state index in [1.165, 1.54) is 11.1 Å². The zero-order valence-corrected chi connectivity index (χ0v) is 14.3. The summed E-state index contributed by atoms with van der Waals surface area (Å²) in [6.07, 6.45) is 4.07. The average molecular weight is 316 g/mol. The van der Waals surface area contributed by atoms with Gasteiger partial charge in [0.05, 0.1) is 0 Å². The fourth-order valence-corrected chi connectivity index (χ4v) is 3.53. The fraction of sp³-hybridized carbons (Fsp3) is 0.632. The molecule has 1 aromatic rings. The van der Waals surface area contributed by atoms with Crippen LogP contribution in [0.4, 0.5) is 0 Å². The smallest absolute Gasteiger partial charge is 0.225 e. The number of aryl methyl sites for hydroxylation is 2. The van der Waals surface area contributed by atoms with Gasteiger partial charge in [-0.2, -0.15) is 0 Å². The second-order valence-electron chi connectivity index (χ2n) is 6.94. The third kappa shape index (κ3) is 4.05. The molecule has 3 rings (SSSR count). The molecule has 4 nitrogen and oxygen atoms in total. The molecular weight excluding hydrogens is 288 g/mol. The molecule has 0 aromatic heterocycles. The topological polar surface area (TPSA) is 41.6 Å². The Kier molecular flexibility index (Phi) is 5.21. The summed E-state index contributed by atoms with van der Waals surface area (Å²) in [7, 11) is 0. The quantitative estimate of drug-likeness (QED) is 0.932. The first-order valence-corrected chi connectivity index (χ1v) is 8.87. The minimum absolute atomic E-state index is 0.229. The molecule has 0 unspecified atom stereocenters. The highest BCUT2D eigenvalue weighted by Gasteiger charge is 2.29. The summed E-state index contributed by atoms with van der Waals surface area (Å²) < 4.78 is 6.19. The molecule has 2 aliphatic rings. The Balaban J connectivity index is 1.52. The fourth-order valence-electron chi connectivity index (χ4n) is 3.53. The molecule has 1 N–H and O–H groups in total. The van der Waals surface area contributed by atoms with Crippen molar-refractivity contribution in [3.63, 3.8) is 0 Å². The summed E-state index contributed by atoms with van der Waals surface area (Å²) in [6, 6.07) is 6.34. The Morgan fingerprint density at radius 2 is 1.83 bits per heavy atom. The van der Waals surface area contributed by atoms with Crippen LogP contribution in [0.15, 0.2) is 18.2 Å². The lowest BCUT2D eigenvalue weighted by molar-refractivity contribution is -0.138. The van der Waals surface area contributed by atoms with Gasteiger partial charge in [0.15, 0.2) is 0 Å². The number of likely N-dealkylation sites (tertiary alicyclic amines) is 1. The normalized spacial score (nSPS) is 20.5. The van der Waals surface area contributed by atoms with E-state index in [2.05, 4.69) is 42.3 Å². The van der Waals surface area contributed by atoms with Gasteiger partial charge >= 0.3 is 0 Å². The molecular formula is C19H28N2O2. The monoisotopic (exact) mass is 316 g/mol. The lowest BCUT2D eigenvalue weighted by atomic mass is 9.95. The zero-order chi connectivity index (χ0) is 16.2. The Morgan fingerprint density at radius 3 is 2.52 bits per heavy atom. The second kappa shape index (κ2) is 7.35. The van der Waals surface area contributed by atoms with Gasteiger partial charge in [-0.05, 0) is 57.0 Å². The molecule has 23 heavy (non-hydrogen) atoms. The number of ether oxygens (including phenoxy) is 1. The molecule has 0 bridgehead atoms. The van der Waals surface area contributed by atoms with E-state index >= 15 is 0 Å². The number of hydrogen-bond acceptors (Lipinski definition) is 3. The predicted molar refractivity (Wildman–Crippen MR) is 91.7 cm³/mol. The number of rotatable bonds is 3. The zero-order valence-electron chi connectivity index (χ0n) is 14.3. The van der Waals surface area contributed by atoms with Crippen molar-refractivity contribution < 1.29 is 9.53 Å².